The number of aliphatic hydroxyl groups is 1. The van der Waals surface area contributed by atoms with Crippen LogP contribution in [-0.4, -0.2) is 29.2 Å². The average Bonchev–Trinajstić information content (AvgIpc) is 2.74. The third kappa shape index (κ3) is 3.14. The first-order valence-corrected chi connectivity index (χ1v) is 6.38. The van der Waals surface area contributed by atoms with Crippen LogP contribution in [-0.2, 0) is 0 Å². The molecule has 19 heavy (non-hydrogen) atoms. The molecule has 6 heteroatoms. The van der Waals surface area contributed by atoms with Gasteiger partial charge in [-0.25, -0.2) is 0 Å². The summed E-state index contributed by atoms with van der Waals surface area (Å²) in [6, 6.07) is 4.50. The molecule has 1 fully saturated rings. The zero-order valence-electron chi connectivity index (χ0n) is 11.0. The largest absolute Gasteiger partial charge is 0.398 e. The number of anilines is 2. The predicted molar refractivity (Wildman–Crippen MR) is 74.2 cm³/mol. The van der Waals surface area contributed by atoms with E-state index in [0.717, 1.165) is 25.7 Å². The minimum atomic E-state index is -0.686. The van der Waals surface area contributed by atoms with Gasteiger partial charge in [-0.15, -0.1) is 0 Å². The number of hydrogen-bond donors (Lipinski definition) is 2. The smallest absolute Gasteiger partial charge is 0.273 e. The summed E-state index contributed by atoms with van der Waals surface area (Å²) in [4.78, 5) is 12.2. The Morgan fingerprint density at radius 3 is 2.63 bits per heavy atom. The number of non-ortho nitro benzene ring substituents is 1. The second-order valence-corrected chi connectivity index (χ2v) is 5.33. The number of rotatable bonds is 4. The van der Waals surface area contributed by atoms with Crippen molar-refractivity contribution in [1.82, 2.24) is 0 Å². The first-order chi connectivity index (χ1) is 8.89. The van der Waals surface area contributed by atoms with Gasteiger partial charge in [0.15, 0.2) is 0 Å². The molecule has 0 amide bonds. The van der Waals surface area contributed by atoms with Gasteiger partial charge in [-0.3, -0.25) is 10.1 Å². The molecule has 1 aromatic rings. The van der Waals surface area contributed by atoms with Crippen LogP contribution in [0.1, 0.15) is 25.7 Å². The van der Waals surface area contributed by atoms with Crippen molar-refractivity contribution in [3.8, 4) is 0 Å². The van der Waals surface area contributed by atoms with Gasteiger partial charge in [0.2, 0.25) is 0 Å². The molecule has 0 unspecified atom stereocenters. The Bertz CT molecular complexity index is 484. The molecule has 1 aliphatic carbocycles. The van der Waals surface area contributed by atoms with Gasteiger partial charge in [0.1, 0.15) is 0 Å². The van der Waals surface area contributed by atoms with Crippen LogP contribution in [0.5, 0.6) is 0 Å². The standard InChI is InChI=1S/C13H19N3O3/c1-15(9-13(17)4-2-3-5-13)11-6-10(14)7-12(8-11)16(18)19/h6-8,17H,2-5,9,14H2,1H3. The zero-order chi connectivity index (χ0) is 14.0. The molecule has 0 spiro atoms. The van der Waals surface area contributed by atoms with Crippen molar-refractivity contribution < 1.29 is 10.0 Å². The number of nitro groups is 1. The van der Waals surface area contributed by atoms with Crippen LogP contribution in [0.2, 0.25) is 0 Å². The first kappa shape index (κ1) is 13.6. The molecule has 6 nitrogen and oxygen atoms in total. The Morgan fingerprint density at radius 1 is 1.42 bits per heavy atom. The van der Waals surface area contributed by atoms with Crippen LogP contribution in [0.15, 0.2) is 18.2 Å². The van der Waals surface area contributed by atoms with Gasteiger partial charge in [0.25, 0.3) is 5.69 Å². The van der Waals surface area contributed by atoms with Crippen molar-refractivity contribution >= 4 is 17.1 Å². The number of nitrogen functional groups attached to an aromatic ring is 1. The highest BCUT2D eigenvalue weighted by Crippen LogP contribution is 2.32. The molecular formula is C13H19N3O3. The highest BCUT2D eigenvalue weighted by molar-refractivity contribution is 5.62. The molecule has 1 aliphatic rings. The van der Waals surface area contributed by atoms with E-state index in [4.69, 9.17) is 5.73 Å². The maximum Gasteiger partial charge on any atom is 0.273 e. The molecule has 0 aromatic heterocycles. The Morgan fingerprint density at radius 2 is 2.05 bits per heavy atom. The number of nitro benzene ring substituents is 1. The second kappa shape index (κ2) is 5.05. The Kier molecular flexibility index (Phi) is 3.61. The third-order valence-electron chi connectivity index (χ3n) is 3.64. The van der Waals surface area contributed by atoms with Crippen LogP contribution in [0.3, 0.4) is 0 Å². The predicted octanol–water partition coefficient (Wildman–Crippen LogP) is 1.92. The van der Waals surface area contributed by atoms with E-state index in [-0.39, 0.29) is 5.69 Å². The molecule has 104 valence electrons. The van der Waals surface area contributed by atoms with Crippen molar-refractivity contribution in [3.63, 3.8) is 0 Å². The lowest BCUT2D eigenvalue weighted by Crippen LogP contribution is -2.39. The van der Waals surface area contributed by atoms with Gasteiger partial charge in [0.05, 0.1) is 10.5 Å². The molecule has 2 rings (SSSR count). The summed E-state index contributed by atoms with van der Waals surface area (Å²) in [6.07, 6.45) is 3.62. The van der Waals surface area contributed by atoms with Gasteiger partial charge < -0.3 is 15.7 Å². The van der Waals surface area contributed by atoms with Crippen LogP contribution in [0.4, 0.5) is 17.1 Å². The van der Waals surface area contributed by atoms with Crippen molar-refractivity contribution in [2.75, 3.05) is 24.2 Å². The van der Waals surface area contributed by atoms with Crippen molar-refractivity contribution in [2.45, 2.75) is 31.3 Å². The second-order valence-electron chi connectivity index (χ2n) is 5.33. The van der Waals surface area contributed by atoms with Gasteiger partial charge in [-0.1, -0.05) is 12.8 Å². The fourth-order valence-electron chi connectivity index (χ4n) is 2.67. The van der Waals surface area contributed by atoms with Gasteiger partial charge >= 0.3 is 0 Å². The minimum Gasteiger partial charge on any atom is -0.398 e. The molecule has 0 heterocycles. The van der Waals surface area contributed by atoms with Crippen LogP contribution in [0, 0.1) is 10.1 Å². The van der Waals surface area contributed by atoms with E-state index in [0.29, 0.717) is 17.9 Å². The fourth-order valence-corrected chi connectivity index (χ4v) is 2.67. The molecule has 1 aromatic carbocycles. The Labute approximate surface area is 112 Å². The lowest BCUT2D eigenvalue weighted by molar-refractivity contribution is -0.384. The van der Waals surface area contributed by atoms with E-state index in [1.807, 2.05) is 11.9 Å². The SMILES string of the molecule is CN(CC1(O)CCCC1)c1cc(N)cc([N+](=O)[O-])c1. The molecule has 0 atom stereocenters. The molecule has 0 aliphatic heterocycles. The number of nitrogens with zero attached hydrogens (tertiary/aromatic N) is 2. The van der Waals surface area contributed by atoms with E-state index in [1.165, 1.54) is 12.1 Å². The molecule has 0 radical (unpaired) electrons. The summed E-state index contributed by atoms with van der Waals surface area (Å²) in [5, 5.41) is 21.2. The minimum absolute atomic E-state index is 0.0275. The fraction of sp³-hybridized carbons (Fsp3) is 0.538. The van der Waals surface area contributed by atoms with E-state index in [2.05, 4.69) is 0 Å². The number of benzene rings is 1. The van der Waals surface area contributed by atoms with Crippen LogP contribution >= 0.6 is 0 Å². The van der Waals surface area contributed by atoms with Crippen molar-refractivity contribution in [3.05, 3.63) is 28.3 Å². The van der Waals surface area contributed by atoms with Gasteiger partial charge in [-0.05, 0) is 18.9 Å². The monoisotopic (exact) mass is 265 g/mol. The summed E-state index contributed by atoms with van der Waals surface area (Å²) in [5.41, 5.74) is 5.98. The zero-order valence-corrected chi connectivity index (χ0v) is 11.0. The Hall–Kier alpha value is -1.82. The van der Waals surface area contributed by atoms with Gasteiger partial charge in [-0.2, -0.15) is 0 Å². The number of nitrogens with two attached hydrogens (primary N) is 1. The maximum atomic E-state index is 10.8. The molecule has 0 saturated heterocycles. The topological polar surface area (TPSA) is 92.6 Å². The lowest BCUT2D eigenvalue weighted by atomic mass is 10.0. The van der Waals surface area contributed by atoms with E-state index in [1.54, 1.807) is 6.07 Å². The molecule has 1 saturated carbocycles. The third-order valence-corrected chi connectivity index (χ3v) is 3.64. The summed E-state index contributed by atoms with van der Waals surface area (Å²) >= 11 is 0. The number of hydrogen-bond acceptors (Lipinski definition) is 5. The lowest BCUT2D eigenvalue weighted by Gasteiger charge is -2.30. The summed E-state index contributed by atoms with van der Waals surface area (Å²) in [6.45, 7) is 0.466. The summed E-state index contributed by atoms with van der Waals surface area (Å²) in [5.74, 6) is 0. The normalized spacial score (nSPS) is 17.4. The summed E-state index contributed by atoms with van der Waals surface area (Å²) in [7, 11) is 1.81. The molecule has 0 bridgehead atoms. The van der Waals surface area contributed by atoms with Crippen molar-refractivity contribution in [2.24, 2.45) is 0 Å². The van der Waals surface area contributed by atoms with E-state index < -0.39 is 10.5 Å². The van der Waals surface area contributed by atoms with E-state index >= 15 is 0 Å². The Balaban J connectivity index is 2.18. The average molecular weight is 265 g/mol. The molecule has 3 N–H and O–H groups in total. The highest BCUT2D eigenvalue weighted by Gasteiger charge is 2.32. The van der Waals surface area contributed by atoms with E-state index in [9.17, 15) is 15.2 Å². The van der Waals surface area contributed by atoms with Crippen LogP contribution in [0.25, 0.3) is 0 Å². The number of likely N-dealkylation sites (N-methyl/N-ethyl adjacent to an activating group) is 1. The summed E-state index contributed by atoms with van der Waals surface area (Å²) < 4.78 is 0. The first-order valence-electron chi connectivity index (χ1n) is 6.38. The van der Waals surface area contributed by atoms with Crippen molar-refractivity contribution in [1.29, 1.82) is 0 Å². The van der Waals surface area contributed by atoms with Crippen LogP contribution < -0.4 is 10.6 Å². The quantitative estimate of drug-likeness (QED) is 0.493. The maximum absolute atomic E-state index is 10.8. The molecular weight excluding hydrogens is 246 g/mol. The van der Waals surface area contributed by atoms with Gasteiger partial charge in [0, 0.05) is 37.1 Å². The highest BCUT2D eigenvalue weighted by atomic mass is 16.6.